The van der Waals surface area contributed by atoms with E-state index in [2.05, 4.69) is 70.4 Å². The predicted octanol–water partition coefficient (Wildman–Crippen LogP) is 3.75. The van der Waals surface area contributed by atoms with Gasteiger partial charge in [-0.05, 0) is 30.8 Å². The van der Waals surface area contributed by atoms with Gasteiger partial charge in [-0.25, -0.2) is 0 Å². The van der Waals surface area contributed by atoms with Crippen molar-refractivity contribution in [3.63, 3.8) is 0 Å². The van der Waals surface area contributed by atoms with E-state index in [0.29, 0.717) is 5.92 Å². The molecule has 4 nitrogen and oxygen atoms in total. The standard InChI is InChI=1S/C13H18OSi.3CO.Cr/c1-5-10-11-8-6-7-9-12(11)13(10)14-15(2,3)4;3*1-2;/h5-10,13H,1H2,2-4H3;;;;/q;;;;+6. The summed E-state index contributed by atoms with van der Waals surface area (Å²) in [5.41, 5.74) is 2.74. The van der Waals surface area contributed by atoms with Crippen LogP contribution in [0.25, 0.3) is 0 Å². The fourth-order valence-electron chi connectivity index (χ4n) is 2.10. The maximum absolute atomic E-state index is 7.50. The van der Waals surface area contributed by atoms with Crippen LogP contribution in [0.4, 0.5) is 0 Å². The first-order chi connectivity index (χ1) is 10.0. The molecule has 1 aromatic rings. The molecule has 1 aromatic carbocycles. The molecule has 0 aliphatic heterocycles. The minimum Gasteiger partial charge on any atom is 6.00 e. The third-order valence-electron chi connectivity index (χ3n) is 2.72. The third-order valence-corrected chi connectivity index (χ3v) is 3.68. The van der Waals surface area contributed by atoms with Crippen molar-refractivity contribution in [2.45, 2.75) is 31.7 Å². The molecular weight excluding hydrogens is 336 g/mol. The fourth-order valence-corrected chi connectivity index (χ4v) is 3.14. The van der Waals surface area contributed by atoms with Gasteiger partial charge in [0.05, 0.1) is 6.10 Å². The molecule has 0 bridgehead atoms. The van der Waals surface area contributed by atoms with Crippen molar-refractivity contribution in [1.82, 2.24) is 0 Å². The van der Waals surface area contributed by atoms with Gasteiger partial charge in [-0.1, -0.05) is 30.3 Å². The van der Waals surface area contributed by atoms with Crippen molar-refractivity contribution in [3.8, 4) is 0 Å². The van der Waals surface area contributed by atoms with Gasteiger partial charge < -0.3 is 4.43 Å². The van der Waals surface area contributed by atoms with E-state index in [9.17, 15) is 0 Å². The molecule has 0 aromatic heterocycles. The van der Waals surface area contributed by atoms with E-state index in [-0.39, 0.29) is 23.5 Å². The molecular formula is C16H18CrO4Si+6. The molecule has 0 N–H and O–H groups in total. The van der Waals surface area contributed by atoms with Crippen LogP contribution in [0.2, 0.25) is 19.6 Å². The molecule has 1 aliphatic carbocycles. The molecule has 6 heteroatoms. The molecule has 2 rings (SSSR count). The average Bonchev–Trinajstić information content (AvgIpc) is 2.51. The quantitative estimate of drug-likeness (QED) is 0.353. The summed E-state index contributed by atoms with van der Waals surface area (Å²) in [6.07, 6.45) is 2.26. The molecule has 1 aliphatic rings. The van der Waals surface area contributed by atoms with Crippen LogP contribution in [-0.4, -0.2) is 8.32 Å². The van der Waals surface area contributed by atoms with Gasteiger partial charge in [0.25, 0.3) is 0 Å². The maximum Gasteiger partial charge on any atom is 6.00 e. The van der Waals surface area contributed by atoms with Gasteiger partial charge in [0.15, 0.2) is 8.32 Å². The number of benzene rings is 1. The van der Waals surface area contributed by atoms with Crippen molar-refractivity contribution in [2.75, 3.05) is 0 Å². The topological polar surface area (TPSA) is 68.9 Å². The van der Waals surface area contributed by atoms with Crippen molar-refractivity contribution in [1.29, 1.82) is 0 Å². The van der Waals surface area contributed by atoms with E-state index >= 15 is 0 Å². The molecule has 0 fully saturated rings. The van der Waals surface area contributed by atoms with Gasteiger partial charge in [-0.2, -0.15) is 0 Å². The number of fused-ring (bicyclic) bond motifs is 1. The molecule has 0 saturated heterocycles. The Labute approximate surface area is 144 Å². The Morgan fingerprint density at radius 3 is 1.77 bits per heavy atom. The Morgan fingerprint density at radius 2 is 1.41 bits per heavy atom. The van der Waals surface area contributed by atoms with Crippen molar-refractivity contribution in [2.24, 2.45) is 0 Å². The van der Waals surface area contributed by atoms with Crippen molar-refractivity contribution < 1.29 is 35.7 Å². The van der Waals surface area contributed by atoms with Crippen LogP contribution in [0.1, 0.15) is 23.1 Å². The van der Waals surface area contributed by atoms with E-state index in [1.165, 1.54) is 11.1 Å². The second kappa shape index (κ2) is 13.5. The van der Waals surface area contributed by atoms with Gasteiger partial charge in [0.1, 0.15) is 0 Å². The summed E-state index contributed by atoms with van der Waals surface area (Å²) in [4.78, 5) is 0. The largest absolute Gasteiger partial charge is 6.00 e. The number of hydrogen-bond donors (Lipinski definition) is 0. The van der Waals surface area contributed by atoms with Gasteiger partial charge in [0, 0.05) is 5.92 Å². The second-order valence-electron chi connectivity index (χ2n) is 5.04. The summed E-state index contributed by atoms with van der Waals surface area (Å²) in [5.74, 6) is 0.396. The molecule has 0 spiro atoms. The first-order valence-corrected chi connectivity index (χ1v) is 9.44. The van der Waals surface area contributed by atoms with Crippen LogP contribution in [-0.2, 0) is 35.7 Å². The Hall–Kier alpha value is -1.11. The van der Waals surface area contributed by atoms with E-state index < -0.39 is 8.32 Å². The Kier molecular flexibility index (Phi) is 15.9. The summed E-state index contributed by atoms with van der Waals surface area (Å²) >= 11 is 0. The molecule has 0 heterocycles. The van der Waals surface area contributed by atoms with Gasteiger partial charge >= 0.3 is 51.3 Å². The van der Waals surface area contributed by atoms with Crippen LogP contribution >= 0.6 is 0 Å². The predicted molar refractivity (Wildman–Crippen MR) is 78.3 cm³/mol. The average molecular weight is 354 g/mol. The zero-order valence-electron chi connectivity index (χ0n) is 12.8. The van der Waals surface area contributed by atoms with E-state index in [0.717, 1.165) is 0 Å². The zero-order valence-corrected chi connectivity index (χ0v) is 15.1. The zero-order chi connectivity index (χ0) is 17.1. The first-order valence-electron chi connectivity index (χ1n) is 6.03. The minimum atomic E-state index is -1.46. The first kappa shape index (κ1) is 25.8. The summed E-state index contributed by atoms with van der Waals surface area (Å²) in [6, 6.07) is 8.50. The summed E-state index contributed by atoms with van der Waals surface area (Å²) < 4.78 is 28.7. The van der Waals surface area contributed by atoms with Crippen LogP contribution in [0.3, 0.4) is 0 Å². The Balaban J connectivity index is -0.000000463. The van der Waals surface area contributed by atoms with Crippen LogP contribution in [0.15, 0.2) is 36.9 Å². The Bertz CT molecular complexity index is 489. The van der Waals surface area contributed by atoms with Crippen molar-refractivity contribution in [3.05, 3.63) is 68.0 Å². The smallest absolute Gasteiger partial charge is 6.00 e. The normalized spacial score (nSPS) is 16.8. The molecule has 0 amide bonds. The number of hydrogen-bond acceptors (Lipinski definition) is 1. The maximum atomic E-state index is 7.50. The molecule has 2 atom stereocenters. The van der Waals surface area contributed by atoms with Gasteiger partial charge in [0.2, 0.25) is 0 Å². The SMILES string of the molecule is C=CC1c2ccccc2C1O[Si](C)(C)C.[C-]#[O+].[C-]#[O+].[C-]#[O+].[Cr+6]. The summed E-state index contributed by atoms with van der Waals surface area (Å²) in [5, 5.41) is 0. The van der Waals surface area contributed by atoms with Gasteiger partial charge in [-0.3, -0.25) is 0 Å². The van der Waals surface area contributed by atoms with E-state index in [1.54, 1.807) is 0 Å². The second-order valence-corrected chi connectivity index (χ2v) is 9.50. The summed E-state index contributed by atoms with van der Waals surface area (Å²) in [7, 11) is -1.46. The third kappa shape index (κ3) is 7.24. The minimum absolute atomic E-state index is 0. The van der Waals surface area contributed by atoms with Crippen LogP contribution < -0.4 is 0 Å². The fraction of sp³-hybridized carbons (Fsp3) is 0.312. The molecule has 2 unspecified atom stereocenters. The molecule has 0 saturated carbocycles. The van der Waals surface area contributed by atoms with Crippen molar-refractivity contribution >= 4 is 8.32 Å². The van der Waals surface area contributed by atoms with E-state index in [1.807, 2.05) is 6.08 Å². The number of rotatable bonds is 3. The van der Waals surface area contributed by atoms with Crippen LogP contribution in [0.5, 0.6) is 0 Å². The van der Waals surface area contributed by atoms with Gasteiger partial charge in [-0.15, -0.1) is 6.58 Å². The monoisotopic (exact) mass is 354 g/mol. The van der Waals surface area contributed by atoms with E-state index in [4.69, 9.17) is 18.4 Å². The summed E-state index contributed by atoms with van der Waals surface area (Å²) in [6.45, 7) is 24.1. The molecule has 22 heavy (non-hydrogen) atoms. The molecule has 0 radical (unpaired) electrons. The van der Waals surface area contributed by atoms with Crippen LogP contribution in [0, 0.1) is 20.0 Å². The Morgan fingerprint density at radius 1 is 1.00 bits per heavy atom. The molecule has 110 valence electrons.